The lowest BCUT2D eigenvalue weighted by molar-refractivity contribution is -0.161. The van der Waals surface area contributed by atoms with Gasteiger partial charge < -0.3 is 9.05 Å². The molecule has 0 fully saturated rings. The Balaban J connectivity index is 3.62. The molecule has 0 aromatic rings. The molecule has 0 radical (unpaired) electrons. The SMILES string of the molecule is FC(F)(F)COP(Cl)OCC(F)(F)F. The Morgan fingerprint density at radius 3 is 1.36 bits per heavy atom. The van der Waals surface area contributed by atoms with E-state index in [1.165, 1.54) is 0 Å². The van der Waals surface area contributed by atoms with Gasteiger partial charge in [0.15, 0.2) is 13.2 Å². The molecule has 0 saturated heterocycles. The molecule has 0 aliphatic heterocycles. The Morgan fingerprint density at radius 2 is 1.14 bits per heavy atom. The van der Waals surface area contributed by atoms with Gasteiger partial charge in [-0.3, -0.25) is 0 Å². The van der Waals surface area contributed by atoms with Crippen LogP contribution in [0.4, 0.5) is 26.3 Å². The standard InChI is InChI=1S/C4H4ClF6O2P/c5-14(12-1-3(6,7)8)13-2-4(9,10)11/h1-2H2. The number of rotatable bonds is 4. The van der Waals surface area contributed by atoms with E-state index >= 15 is 0 Å². The van der Waals surface area contributed by atoms with Crippen LogP contribution in [0.15, 0.2) is 0 Å². The number of alkyl halides is 6. The maximum Gasteiger partial charge on any atom is 0.412 e. The van der Waals surface area contributed by atoms with Crippen LogP contribution in [0.25, 0.3) is 0 Å². The van der Waals surface area contributed by atoms with Gasteiger partial charge in [-0.05, 0) is 11.2 Å². The van der Waals surface area contributed by atoms with Gasteiger partial charge in [0, 0.05) is 0 Å². The van der Waals surface area contributed by atoms with Crippen molar-refractivity contribution in [1.29, 1.82) is 0 Å². The van der Waals surface area contributed by atoms with Crippen LogP contribution in [0.1, 0.15) is 0 Å². The van der Waals surface area contributed by atoms with Crippen LogP contribution in [-0.2, 0) is 9.05 Å². The number of hydrogen-bond donors (Lipinski definition) is 0. The minimum atomic E-state index is -4.64. The van der Waals surface area contributed by atoms with Crippen molar-refractivity contribution in [2.75, 3.05) is 13.2 Å². The summed E-state index contributed by atoms with van der Waals surface area (Å²) in [7, 11) is -2.68. The highest BCUT2D eigenvalue weighted by Crippen LogP contribution is 2.45. The van der Waals surface area contributed by atoms with Crippen LogP contribution in [0.2, 0.25) is 0 Å². The van der Waals surface area contributed by atoms with Gasteiger partial charge in [-0.2, -0.15) is 26.3 Å². The van der Waals surface area contributed by atoms with Gasteiger partial charge in [-0.1, -0.05) is 0 Å². The van der Waals surface area contributed by atoms with Crippen molar-refractivity contribution in [2.45, 2.75) is 12.4 Å². The van der Waals surface area contributed by atoms with Crippen LogP contribution in [0.5, 0.6) is 0 Å². The molecule has 0 saturated carbocycles. The van der Waals surface area contributed by atoms with Gasteiger partial charge >= 0.3 is 12.4 Å². The quantitative estimate of drug-likeness (QED) is 0.570. The van der Waals surface area contributed by atoms with E-state index in [1.54, 1.807) is 0 Å². The van der Waals surface area contributed by atoms with Gasteiger partial charge in [-0.15, -0.1) is 0 Å². The van der Waals surface area contributed by atoms with Crippen molar-refractivity contribution < 1.29 is 35.4 Å². The molecule has 0 rings (SSSR count). The van der Waals surface area contributed by atoms with E-state index in [0.29, 0.717) is 0 Å². The average molecular weight is 264 g/mol. The molecule has 0 atom stereocenters. The highest BCUT2D eigenvalue weighted by Gasteiger charge is 2.32. The third kappa shape index (κ3) is 10.3. The third-order valence-electron chi connectivity index (χ3n) is 0.659. The average Bonchev–Trinajstić information content (AvgIpc) is 1.94. The fourth-order valence-corrected chi connectivity index (χ4v) is 1.15. The van der Waals surface area contributed by atoms with Crippen molar-refractivity contribution in [3.8, 4) is 0 Å². The first-order chi connectivity index (χ1) is 6.10. The zero-order valence-corrected chi connectivity index (χ0v) is 7.97. The van der Waals surface area contributed by atoms with Gasteiger partial charge in [0.25, 0.3) is 7.73 Å². The molecule has 0 aromatic carbocycles. The Labute approximate surface area is 80.8 Å². The Kier molecular flexibility index (Phi) is 5.43. The molecular formula is C4H4ClF6O2P. The highest BCUT2D eigenvalue weighted by atomic mass is 35.7. The van der Waals surface area contributed by atoms with Crippen LogP contribution < -0.4 is 0 Å². The van der Waals surface area contributed by atoms with E-state index in [4.69, 9.17) is 11.2 Å². The Bertz CT molecular complexity index is 152. The zero-order chi connectivity index (χ0) is 11.4. The molecule has 0 bridgehead atoms. The first-order valence-corrected chi connectivity index (χ1v) is 5.04. The molecule has 2 nitrogen and oxygen atoms in total. The molecule has 0 unspecified atom stereocenters. The lowest BCUT2D eigenvalue weighted by Gasteiger charge is -2.13. The Hall–Kier alpha value is 0.220. The summed E-state index contributed by atoms with van der Waals surface area (Å²) in [5, 5.41) is 0. The highest BCUT2D eigenvalue weighted by molar-refractivity contribution is 7.76. The molecule has 10 heteroatoms. The van der Waals surface area contributed by atoms with Crippen LogP contribution in [0.3, 0.4) is 0 Å². The van der Waals surface area contributed by atoms with E-state index in [2.05, 4.69) is 9.05 Å². The monoisotopic (exact) mass is 264 g/mol. The second-order valence-corrected chi connectivity index (χ2v) is 3.76. The molecule has 0 amide bonds. The van der Waals surface area contributed by atoms with E-state index in [1.807, 2.05) is 0 Å². The van der Waals surface area contributed by atoms with Crippen molar-refractivity contribution in [3.05, 3.63) is 0 Å². The normalized spacial score (nSPS) is 13.7. The maximum atomic E-state index is 11.4. The fourth-order valence-electron chi connectivity index (χ4n) is 0.285. The van der Waals surface area contributed by atoms with E-state index < -0.39 is 33.3 Å². The molecule has 86 valence electrons. The van der Waals surface area contributed by atoms with Crippen molar-refractivity contribution in [2.24, 2.45) is 0 Å². The first kappa shape index (κ1) is 14.2. The van der Waals surface area contributed by atoms with Crippen LogP contribution in [-0.4, -0.2) is 25.6 Å². The minimum absolute atomic E-state index is 1.74. The van der Waals surface area contributed by atoms with Gasteiger partial charge in [0.1, 0.15) is 0 Å². The summed E-state index contributed by atoms with van der Waals surface area (Å²) in [6.07, 6.45) is -9.28. The summed E-state index contributed by atoms with van der Waals surface area (Å²) < 4.78 is 76.2. The van der Waals surface area contributed by atoms with E-state index in [0.717, 1.165) is 0 Å². The second-order valence-electron chi connectivity index (χ2n) is 1.99. The summed E-state index contributed by atoms with van der Waals surface area (Å²) in [5.41, 5.74) is 0. The summed E-state index contributed by atoms with van der Waals surface area (Å²) in [6, 6.07) is 0. The van der Waals surface area contributed by atoms with Gasteiger partial charge in [-0.25, -0.2) is 0 Å². The molecular weight excluding hydrogens is 260 g/mol. The lowest BCUT2D eigenvalue weighted by atomic mass is 10.7. The summed E-state index contributed by atoms with van der Waals surface area (Å²) in [6.45, 7) is -3.47. The molecule has 0 heterocycles. The van der Waals surface area contributed by atoms with Gasteiger partial charge in [0.05, 0.1) is 0 Å². The molecule has 0 spiro atoms. The number of hydrogen-bond acceptors (Lipinski definition) is 2. The molecule has 0 N–H and O–H groups in total. The first-order valence-electron chi connectivity index (χ1n) is 2.95. The van der Waals surface area contributed by atoms with E-state index in [-0.39, 0.29) is 0 Å². The molecule has 0 aromatic heterocycles. The summed E-state index contributed by atoms with van der Waals surface area (Å²) in [4.78, 5) is 0. The molecule has 0 aliphatic carbocycles. The summed E-state index contributed by atoms with van der Waals surface area (Å²) >= 11 is 4.91. The number of halogens is 7. The smallest absolute Gasteiger partial charge is 0.313 e. The topological polar surface area (TPSA) is 18.5 Å². The zero-order valence-electron chi connectivity index (χ0n) is 6.32. The van der Waals surface area contributed by atoms with Gasteiger partial charge in [0.2, 0.25) is 0 Å². The summed E-state index contributed by atoms with van der Waals surface area (Å²) in [5.74, 6) is 0. The fraction of sp³-hybridized carbons (Fsp3) is 1.00. The largest absolute Gasteiger partial charge is 0.412 e. The second kappa shape index (κ2) is 5.34. The molecule has 14 heavy (non-hydrogen) atoms. The van der Waals surface area contributed by atoms with Crippen LogP contribution in [0, 0.1) is 0 Å². The van der Waals surface area contributed by atoms with Crippen molar-refractivity contribution in [3.63, 3.8) is 0 Å². The van der Waals surface area contributed by atoms with E-state index in [9.17, 15) is 26.3 Å². The van der Waals surface area contributed by atoms with Crippen molar-refractivity contribution in [1.82, 2.24) is 0 Å². The predicted molar refractivity (Wildman–Crippen MR) is 36.8 cm³/mol. The van der Waals surface area contributed by atoms with Crippen LogP contribution >= 0.6 is 19.0 Å². The minimum Gasteiger partial charge on any atom is -0.313 e. The maximum absolute atomic E-state index is 11.4. The van der Waals surface area contributed by atoms with Crippen molar-refractivity contribution >= 4 is 19.0 Å². The third-order valence-corrected chi connectivity index (χ3v) is 1.91. The lowest BCUT2D eigenvalue weighted by Crippen LogP contribution is -2.17. The molecule has 0 aliphatic rings. The Morgan fingerprint density at radius 1 is 0.857 bits per heavy atom. The predicted octanol–water partition coefficient (Wildman–Crippen LogP) is 3.61.